The molecule has 2 N–H and O–H groups in total. The Bertz CT molecular complexity index is 1270. The molecule has 176 valence electrons. The van der Waals surface area contributed by atoms with Crippen LogP contribution in [0.5, 0.6) is 5.75 Å². The topological polar surface area (TPSA) is 99.7 Å². The number of halogens is 1. The Morgan fingerprint density at radius 2 is 1.97 bits per heavy atom. The van der Waals surface area contributed by atoms with Gasteiger partial charge in [0, 0.05) is 31.8 Å². The Morgan fingerprint density at radius 3 is 2.65 bits per heavy atom. The van der Waals surface area contributed by atoms with Crippen LogP contribution in [0.2, 0.25) is 5.02 Å². The van der Waals surface area contributed by atoms with Crippen LogP contribution < -0.4 is 25.2 Å². The molecule has 4 rings (SSSR count). The number of amides is 3. The number of anilines is 5. The highest BCUT2D eigenvalue weighted by Gasteiger charge is 2.32. The SMILES string of the molecule is CCc1cc(OC)cc(N2Cc3cnc(Nc4ccccc4NC(C)=O)nc3N(C)C2=O)c1Cl. The molecule has 0 spiro atoms. The molecule has 2 aromatic carbocycles. The van der Waals surface area contributed by atoms with Crippen molar-refractivity contribution in [3.8, 4) is 5.75 Å². The van der Waals surface area contributed by atoms with E-state index in [2.05, 4.69) is 20.6 Å². The highest BCUT2D eigenvalue weighted by Crippen LogP contribution is 2.38. The van der Waals surface area contributed by atoms with E-state index in [1.54, 1.807) is 43.5 Å². The summed E-state index contributed by atoms with van der Waals surface area (Å²) in [5, 5.41) is 6.40. The molecule has 34 heavy (non-hydrogen) atoms. The summed E-state index contributed by atoms with van der Waals surface area (Å²) >= 11 is 6.64. The van der Waals surface area contributed by atoms with Gasteiger partial charge < -0.3 is 15.4 Å². The molecule has 1 aromatic heterocycles. The van der Waals surface area contributed by atoms with Crippen molar-refractivity contribution in [3.05, 3.63) is 58.7 Å². The van der Waals surface area contributed by atoms with Crippen molar-refractivity contribution in [2.75, 3.05) is 34.6 Å². The maximum Gasteiger partial charge on any atom is 0.330 e. The van der Waals surface area contributed by atoms with Crippen LogP contribution in [0.4, 0.5) is 33.6 Å². The molecule has 3 aromatic rings. The zero-order chi connectivity index (χ0) is 24.4. The highest BCUT2D eigenvalue weighted by atomic mass is 35.5. The minimum absolute atomic E-state index is 0.187. The van der Waals surface area contributed by atoms with Crippen molar-refractivity contribution in [2.24, 2.45) is 0 Å². The number of carbonyl (C=O) groups is 2. The number of urea groups is 1. The van der Waals surface area contributed by atoms with Gasteiger partial charge in [-0.15, -0.1) is 0 Å². The molecule has 0 atom stereocenters. The third kappa shape index (κ3) is 4.47. The van der Waals surface area contributed by atoms with Gasteiger partial charge in [0.25, 0.3) is 0 Å². The lowest BCUT2D eigenvalue weighted by Crippen LogP contribution is -2.46. The Hall–Kier alpha value is -3.85. The van der Waals surface area contributed by atoms with Gasteiger partial charge in [-0.1, -0.05) is 30.7 Å². The summed E-state index contributed by atoms with van der Waals surface area (Å²) < 4.78 is 5.41. The van der Waals surface area contributed by atoms with E-state index in [4.69, 9.17) is 16.3 Å². The molecule has 0 fully saturated rings. The third-order valence-corrected chi connectivity index (χ3v) is 5.94. The Morgan fingerprint density at radius 1 is 1.24 bits per heavy atom. The number of rotatable bonds is 6. The predicted octanol–water partition coefficient (Wildman–Crippen LogP) is 4.98. The van der Waals surface area contributed by atoms with E-state index in [1.165, 1.54) is 11.8 Å². The number of nitrogens with one attached hydrogen (secondary N) is 2. The number of hydrogen-bond donors (Lipinski definition) is 2. The number of methoxy groups -OCH3 is 1. The maximum absolute atomic E-state index is 13.3. The number of aromatic nitrogens is 2. The molecule has 10 heteroatoms. The van der Waals surface area contributed by atoms with Gasteiger partial charge in [0.1, 0.15) is 11.6 Å². The number of para-hydroxylation sites is 2. The molecule has 0 bridgehead atoms. The van der Waals surface area contributed by atoms with E-state index in [-0.39, 0.29) is 18.5 Å². The van der Waals surface area contributed by atoms with Crippen molar-refractivity contribution in [3.63, 3.8) is 0 Å². The highest BCUT2D eigenvalue weighted by molar-refractivity contribution is 6.35. The second-order valence-electron chi connectivity index (χ2n) is 7.80. The third-order valence-electron chi connectivity index (χ3n) is 5.50. The minimum Gasteiger partial charge on any atom is -0.497 e. The molecule has 0 aliphatic carbocycles. The number of benzene rings is 2. The van der Waals surface area contributed by atoms with Gasteiger partial charge in [-0.25, -0.2) is 9.78 Å². The molecule has 1 aliphatic heterocycles. The van der Waals surface area contributed by atoms with Gasteiger partial charge in [0.05, 0.1) is 35.7 Å². The minimum atomic E-state index is -0.270. The lowest BCUT2D eigenvalue weighted by Gasteiger charge is -2.34. The molecular weight excluding hydrogens is 456 g/mol. The first-order valence-corrected chi connectivity index (χ1v) is 11.1. The summed E-state index contributed by atoms with van der Waals surface area (Å²) in [6.45, 7) is 3.70. The fourth-order valence-corrected chi connectivity index (χ4v) is 4.12. The van der Waals surface area contributed by atoms with Crippen LogP contribution in [-0.4, -0.2) is 36.1 Å². The average Bonchev–Trinajstić information content (AvgIpc) is 2.83. The number of nitrogens with zero attached hydrogens (tertiary/aromatic N) is 4. The second kappa shape index (κ2) is 9.56. The van der Waals surface area contributed by atoms with Crippen molar-refractivity contribution in [1.82, 2.24) is 9.97 Å². The van der Waals surface area contributed by atoms with Gasteiger partial charge in [-0.2, -0.15) is 4.98 Å². The average molecular weight is 481 g/mol. The van der Waals surface area contributed by atoms with E-state index < -0.39 is 0 Å². The molecule has 0 saturated carbocycles. The van der Waals surface area contributed by atoms with E-state index in [1.807, 2.05) is 25.1 Å². The Labute approximate surface area is 202 Å². The molecule has 2 heterocycles. The normalized spacial score (nSPS) is 12.9. The predicted molar refractivity (Wildman–Crippen MR) is 133 cm³/mol. The van der Waals surface area contributed by atoms with E-state index >= 15 is 0 Å². The van der Waals surface area contributed by atoms with Crippen LogP contribution in [0.15, 0.2) is 42.6 Å². The lowest BCUT2D eigenvalue weighted by molar-refractivity contribution is -0.114. The summed E-state index contributed by atoms with van der Waals surface area (Å²) in [5.41, 5.74) is 3.48. The van der Waals surface area contributed by atoms with Crippen LogP contribution in [0.3, 0.4) is 0 Å². The summed E-state index contributed by atoms with van der Waals surface area (Å²) in [4.78, 5) is 36.9. The fourth-order valence-electron chi connectivity index (χ4n) is 3.78. The zero-order valence-electron chi connectivity index (χ0n) is 19.3. The smallest absolute Gasteiger partial charge is 0.330 e. The molecule has 0 unspecified atom stereocenters. The maximum atomic E-state index is 13.3. The first kappa shape index (κ1) is 23.3. The molecule has 1 aliphatic rings. The first-order valence-electron chi connectivity index (χ1n) is 10.7. The number of carbonyl (C=O) groups excluding carboxylic acids is 2. The molecule has 3 amide bonds. The van der Waals surface area contributed by atoms with E-state index in [0.717, 1.165) is 11.1 Å². The number of ether oxygens (including phenoxy) is 1. The Balaban J connectivity index is 1.66. The quantitative estimate of drug-likeness (QED) is 0.516. The van der Waals surface area contributed by atoms with Crippen LogP contribution in [0.25, 0.3) is 0 Å². The largest absolute Gasteiger partial charge is 0.497 e. The van der Waals surface area contributed by atoms with Gasteiger partial charge in [0.2, 0.25) is 11.9 Å². The summed E-state index contributed by atoms with van der Waals surface area (Å²) in [6, 6.07) is 10.6. The molecular formula is C24H25ClN6O3. The number of aryl methyl sites for hydroxylation is 1. The van der Waals surface area contributed by atoms with Crippen molar-refractivity contribution < 1.29 is 14.3 Å². The van der Waals surface area contributed by atoms with Crippen LogP contribution in [0, 0.1) is 0 Å². The monoisotopic (exact) mass is 480 g/mol. The number of hydrogen-bond acceptors (Lipinski definition) is 6. The van der Waals surface area contributed by atoms with Crippen molar-refractivity contribution >= 4 is 52.4 Å². The first-order chi connectivity index (χ1) is 16.3. The van der Waals surface area contributed by atoms with Crippen LogP contribution in [-0.2, 0) is 17.8 Å². The summed E-state index contributed by atoms with van der Waals surface area (Å²) in [6.07, 6.45) is 2.38. The van der Waals surface area contributed by atoms with E-state index in [9.17, 15) is 9.59 Å². The van der Waals surface area contributed by atoms with Crippen LogP contribution >= 0.6 is 11.6 Å². The lowest BCUT2D eigenvalue weighted by atomic mass is 10.1. The van der Waals surface area contributed by atoms with Crippen molar-refractivity contribution in [2.45, 2.75) is 26.8 Å². The zero-order valence-corrected chi connectivity index (χ0v) is 20.1. The second-order valence-corrected chi connectivity index (χ2v) is 8.17. The van der Waals surface area contributed by atoms with Gasteiger partial charge >= 0.3 is 6.03 Å². The molecule has 0 radical (unpaired) electrons. The van der Waals surface area contributed by atoms with Gasteiger partial charge in [-0.3, -0.25) is 14.6 Å². The summed E-state index contributed by atoms with van der Waals surface area (Å²) in [5.74, 6) is 1.24. The standard InChI is InChI=1S/C24H25ClN6O3/c1-5-15-10-17(34-4)11-20(21(15)25)31-13-16-12-26-23(29-22(16)30(3)24(31)33)28-19-9-7-6-8-18(19)27-14(2)32/h6-12H,5,13H2,1-4H3,(H,27,32)(H,26,28,29). The number of fused-ring (bicyclic) bond motifs is 1. The van der Waals surface area contributed by atoms with E-state index in [0.29, 0.717) is 46.0 Å². The summed E-state index contributed by atoms with van der Waals surface area (Å²) in [7, 11) is 3.24. The van der Waals surface area contributed by atoms with Crippen molar-refractivity contribution in [1.29, 1.82) is 0 Å². The Kier molecular flexibility index (Phi) is 6.56. The van der Waals surface area contributed by atoms with Gasteiger partial charge in [0.15, 0.2) is 0 Å². The van der Waals surface area contributed by atoms with Crippen LogP contribution in [0.1, 0.15) is 25.0 Å². The molecule has 0 saturated heterocycles. The fraction of sp³-hybridized carbons (Fsp3) is 0.250. The van der Waals surface area contributed by atoms with Gasteiger partial charge in [-0.05, 0) is 30.2 Å². The molecule has 9 nitrogen and oxygen atoms in total.